The number of methoxy groups -OCH3 is 1. The van der Waals surface area contributed by atoms with Crippen LogP contribution >= 0.6 is 0 Å². The SMILES string of the molecule is C=Cc1cc(C(=O)Cc2ccc(C(=N)NC(=O)OC(C)OC(=O)COCCOC)cc2)c(-c2ccc(C(=O)NCC3CC3)nc2C(=O)OC(C)OC(=O)C(C)C)cc1C. The van der Waals surface area contributed by atoms with Gasteiger partial charge in [-0.05, 0) is 66.1 Å². The highest BCUT2D eigenvalue weighted by Gasteiger charge is 2.27. The number of benzene rings is 2. The van der Waals surface area contributed by atoms with Gasteiger partial charge in [0.2, 0.25) is 12.6 Å². The molecule has 2 amide bonds. The van der Waals surface area contributed by atoms with Gasteiger partial charge in [-0.2, -0.15) is 0 Å². The van der Waals surface area contributed by atoms with Crippen LogP contribution in [0, 0.1) is 24.2 Å². The Kier molecular flexibility index (Phi) is 16.5. The fourth-order valence-corrected chi connectivity index (χ4v) is 5.50. The van der Waals surface area contributed by atoms with Gasteiger partial charge in [0.1, 0.15) is 18.1 Å². The summed E-state index contributed by atoms with van der Waals surface area (Å²) in [6, 6.07) is 12.7. The fourth-order valence-electron chi connectivity index (χ4n) is 5.50. The van der Waals surface area contributed by atoms with E-state index in [1.165, 1.54) is 45.2 Å². The predicted molar refractivity (Wildman–Crippen MR) is 215 cm³/mol. The number of esters is 3. The number of Topliss-reactive ketones (excluding diaryl/α,β-unsaturated/α-hetero) is 1. The van der Waals surface area contributed by atoms with Crippen molar-refractivity contribution in [3.8, 4) is 11.1 Å². The Labute approximate surface area is 342 Å². The highest BCUT2D eigenvalue weighted by atomic mass is 16.7. The number of hydrogen-bond acceptors (Lipinski definition) is 14. The highest BCUT2D eigenvalue weighted by Crippen LogP contribution is 2.32. The maximum absolute atomic E-state index is 14.1. The third kappa shape index (κ3) is 13.7. The van der Waals surface area contributed by atoms with Crippen molar-refractivity contribution in [1.29, 1.82) is 5.41 Å². The minimum absolute atomic E-state index is 0.0358. The maximum Gasteiger partial charge on any atom is 0.415 e. The summed E-state index contributed by atoms with van der Waals surface area (Å²) in [5.41, 5.74) is 2.75. The Bertz CT molecular complexity index is 2060. The molecule has 2 aromatic carbocycles. The van der Waals surface area contributed by atoms with Gasteiger partial charge in [0.05, 0.1) is 19.1 Å². The molecule has 1 heterocycles. The van der Waals surface area contributed by atoms with Crippen molar-refractivity contribution in [2.45, 2.75) is 66.5 Å². The van der Waals surface area contributed by atoms with Gasteiger partial charge in [0.15, 0.2) is 11.5 Å². The first-order valence-electron chi connectivity index (χ1n) is 19.0. The van der Waals surface area contributed by atoms with Crippen molar-refractivity contribution in [2.24, 2.45) is 11.8 Å². The highest BCUT2D eigenvalue weighted by molar-refractivity contribution is 6.08. The second-order valence-corrected chi connectivity index (χ2v) is 14.1. The van der Waals surface area contributed by atoms with Crippen molar-refractivity contribution >= 4 is 47.6 Å². The molecule has 16 nitrogen and oxygen atoms in total. The lowest BCUT2D eigenvalue weighted by Crippen LogP contribution is -2.35. The van der Waals surface area contributed by atoms with Crippen LogP contribution in [-0.4, -0.2) is 92.6 Å². The van der Waals surface area contributed by atoms with E-state index in [1.807, 2.05) is 6.92 Å². The van der Waals surface area contributed by atoms with E-state index in [0.717, 1.165) is 18.4 Å². The predicted octanol–water partition coefficient (Wildman–Crippen LogP) is 5.57. The number of aryl methyl sites for hydroxylation is 1. The molecule has 0 bridgehead atoms. The number of amidine groups is 1. The van der Waals surface area contributed by atoms with E-state index in [2.05, 4.69) is 22.2 Å². The van der Waals surface area contributed by atoms with Crippen molar-refractivity contribution < 1.29 is 57.2 Å². The average molecular weight is 815 g/mol. The molecule has 1 aliphatic carbocycles. The number of nitrogens with one attached hydrogen (secondary N) is 3. The molecule has 1 aromatic heterocycles. The van der Waals surface area contributed by atoms with Crippen LogP contribution in [0.2, 0.25) is 0 Å². The zero-order valence-corrected chi connectivity index (χ0v) is 34.0. The molecule has 3 aromatic rings. The smallest absolute Gasteiger partial charge is 0.415 e. The molecule has 1 saturated carbocycles. The molecular weight excluding hydrogens is 764 g/mol. The lowest BCUT2D eigenvalue weighted by molar-refractivity contribution is -0.171. The fraction of sp³-hybridized carbons (Fsp3) is 0.395. The van der Waals surface area contributed by atoms with Gasteiger partial charge in [0.25, 0.3) is 5.91 Å². The van der Waals surface area contributed by atoms with Gasteiger partial charge in [-0.1, -0.05) is 56.8 Å². The minimum Gasteiger partial charge on any atom is -0.425 e. The number of alkyl carbamates (subject to hydrolysis) is 1. The third-order valence-corrected chi connectivity index (χ3v) is 8.87. The molecule has 1 fully saturated rings. The number of nitrogens with zero attached hydrogens (tertiary/aromatic N) is 1. The molecule has 2 unspecified atom stereocenters. The number of carbonyl (C=O) groups excluding carboxylic acids is 6. The molecular formula is C43H50N4O12. The Morgan fingerprint density at radius 2 is 1.59 bits per heavy atom. The molecule has 2 atom stereocenters. The zero-order chi connectivity index (χ0) is 43.2. The maximum atomic E-state index is 14.1. The van der Waals surface area contributed by atoms with Crippen LogP contribution in [0.3, 0.4) is 0 Å². The number of aromatic nitrogens is 1. The van der Waals surface area contributed by atoms with E-state index in [9.17, 15) is 28.8 Å². The monoisotopic (exact) mass is 814 g/mol. The molecule has 314 valence electrons. The van der Waals surface area contributed by atoms with Gasteiger partial charge in [-0.25, -0.2) is 19.4 Å². The summed E-state index contributed by atoms with van der Waals surface area (Å²) in [5, 5.41) is 13.4. The third-order valence-electron chi connectivity index (χ3n) is 8.87. The van der Waals surface area contributed by atoms with E-state index in [0.29, 0.717) is 41.3 Å². The molecule has 3 N–H and O–H groups in total. The van der Waals surface area contributed by atoms with Crippen LogP contribution in [0.4, 0.5) is 4.79 Å². The van der Waals surface area contributed by atoms with Gasteiger partial charge >= 0.3 is 24.0 Å². The van der Waals surface area contributed by atoms with Crippen molar-refractivity contribution in [2.75, 3.05) is 33.5 Å². The lowest BCUT2D eigenvalue weighted by atomic mass is 9.89. The van der Waals surface area contributed by atoms with E-state index >= 15 is 0 Å². The van der Waals surface area contributed by atoms with Crippen LogP contribution in [0.15, 0.2) is 55.1 Å². The second-order valence-electron chi connectivity index (χ2n) is 14.1. The molecule has 16 heteroatoms. The van der Waals surface area contributed by atoms with Gasteiger partial charge in [-0.3, -0.25) is 25.1 Å². The van der Waals surface area contributed by atoms with Gasteiger partial charge in [0, 0.05) is 50.6 Å². The second kappa shape index (κ2) is 21.5. The number of rotatable bonds is 20. The minimum atomic E-state index is -1.28. The number of hydrogen-bond donors (Lipinski definition) is 3. The summed E-state index contributed by atoms with van der Waals surface area (Å²) in [5.74, 6) is -3.51. The van der Waals surface area contributed by atoms with E-state index in [1.54, 1.807) is 44.2 Å². The van der Waals surface area contributed by atoms with Crippen LogP contribution in [0.5, 0.6) is 0 Å². The first-order chi connectivity index (χ1) is 28.1. The van der Waals surface area contributed by atoms with Crippen molar-refractivity contribution in [3.05, 3.63) is 94.3 Å². The Morgan fingerprint density at radius 3 is 2.24 bits per heavy atom. The number of ketones is 1. The van der Waals surface area contributed by atoms with Crippen LogP contribution < -0.4 is 10.6 Å². The average Bonchev–Trinajstić information content (AvgIpc) is 4.03. The summed E-state index contributed by atoms with van der Waals surface area (Å²) < 4.78 is 30.6. The standard InChI is InChI=1S/C43H50N4O12/c1-8-30-21-34(36(48)20-28-11-13-31(14-12-28)39(44)47-43(53)59-26(5)56-37(49)23-55-18-17-54-7)33(19-25(30)4)32-15-16-35(40(50)45-22-29-9-10-29)46-38(32)42(52)58-27(6)57-41(51)24(2)3/h8,11-16,19,21,24,26-27,29H,1,9-10,17-18,20,22-23H2,2-7H3,(H,45,50)(H2,44,47,53). The Morgan fingerprint density at radius 1 is 0.898 bits per heavy atom. The summed E-state index contributed by atoms with van der Waals surface area (Å²) in [6.07, 6.45) is -0.0354. The van der Waals surface area contributed by atoms with Crippen LogP contribution in [0.25, 0.3) is 17.2 Å². The number of carbonyl (C=O) groups is 6. The van der Waals surface area contributed by atoms with Gasteiger partial charge in [-0.15, -0.1) is 0 Å². The van der Waals surface area contributed by atoms with E-state index in [4.69, 9.17) is 33.8 Å². The number of ether oxygens (including phenoxy) is 6. The Balaban J connectivity index is 1.54. The zero-order valence-electron chi connectivity index (χ0n) is 34.0. The molecule has 0 spiro atoms. The topological polar surface area (TPSA) is 219 Å². The van der Waals surface area contributed by atoms with E-state index in [-0.39, 0.29) is 53.8 Å². The molecule has 0 aliphatic heterocycles. The summed E-state index contributed by atoms with van der Waals surface area (Å²) in [7, 11) is 1.49. The summed E-state index contributed by atoms with van der Waals surface area (Å²) in [4.78, 5) is 81.8. The van der Waals surface area contributed by atoms with E-state index < -0.39 is 48.4 Å². The first kappa shape index (κ1) is 45.4. The number of amides is 2. The lowest BCUT2D eigenvalue weighted by Gasteiger charge is -2.18. The van der Waals surface area contributed by atoms with Crippen LogP contribution in [-0.2, 0) is 44.4 Å². The quantitative estimate of drug-likeness (QED) is 0.0318. The molecule has 1 aliphatic rings. The van der Waals surface area contributed by atoms with Crippen molar-refractivity contribution in [3.63, 3.8) is 0 Å². The molecule has 59 heavy (non-hydrogen) atoms. The Hall–Kier alpha value is -6.26. The summed E-state index contributed by atoms with van der Waals surface area (Å²) in [6.45, 7) is 12.3. The van der Waals surface area contributed by atoms with Crippen LogP contribution in [0.1, 0.15) is 94.1 Å². The molecule has 4 rings (SSSR count). The largest absolute Gasteiger partial charge is 0.425 e. The first-order valence-corrected chi connectivity index (χ1v) is 19.0. The van der Waals surface area contributed by atoms with Crippen molar-refractivity contribution in [1.82, 2.24) is 15.6 Å². The normalized spacial score (nSPS) is 13.1. The van der Waals surface area contributed by atoms with Gasteiger partial charge < -0.3 is 33.7 Å². The summed E-state index contributed by atoms with van der Waals surface area (Å²) >= 11 is 0. The number of pyridine rings is 1. The molecule has 0 saturated heterocycles. The molecule has 0 radical (unpaired) electrons.